The molecule has 268 valence electrons. The number of hydrogen-bond donors (Lipinski definition) is 6. The van der Waals surface area contributed by atoms with E-state index in [1.807, 2.05) is 0 Å². The van der Waals surface area contributed by atoms with Gasteiger partial charge in [0.2, 0.25) is 23.9 Å². The van der Waals surface area contributed by atoms with Gasteiger partial charge in [0.15, 0.2) is 5.78 Å². The highest BCUT2D eigenvalue weighted by atomic mass is 16.2. The van der Waals surface area contributed by atoms with E-state index in [0.29, 0.717) is 45.9 Å². The van der Waals surface area contributed by atoms with Gasteiger partial charge in [-0.25, -0.2) is 4.79 Å². The van der Waals surface area contributed by atoms with E-state index in [-0.39, 0.29) is 5.69 Å². The van der Waals surface area contributed by atoms with Gasteiger partial charge in [0.1, 0.15) is 0 Å². The van der Waals surface area contributed by atoms with Crippen molar-refractivity contribution in [2.24, 2.45) is 10.2 Å². The van der Waals surface area contributed by atoms with E-state index in [1.165, 1.54) is 6.92 Å². The molecule has 0 bridgehead atoms. The quantitative estimate of drug-likeness (QED) is 0.0401. The fraction of sp³-hybridized carbons (Fsp3) is 0.471. The summed E-state index contributed by atoms with van der Waals surface area (Å²) in [6.45, 7) is 17.4. The Kier molecular flexibility index (Phi) is 14.4. The second kappa shape index (κ2) is 19.1. The molecule has 0 radical (unpaired) electrons. The molecule has 0 aliphatic carbocycles. The summed E-state index contributed by atoms with van der Waals surface area (Å²) in [6.07, 6.45) is 1.91. The van der Waals surface area contributed by atoms with Crippen molar-refractivity contribution >= 4 is 57.6 Å². The van der Waals surface area contributed by atoms with E-state index in [9.17, 15) is 14.4 Å². The van der Waals surface area contributed by atoms with E-state index in [4.69, 9.17) is 0 Å². The molecule has 16 heteroatoms. The minimum Gasteiger partial charge on any atom is -0.354 e. The van der Waals surface area contributed by atoms with Crippen molar-refractivity contribution in [2.45, 2.75) is 53.5 Å². The Morgan fingerprint density at radius 2 is 1.30 bits per heavy atom. The molecule has 2 aromatic carbocycles. The third kappa shape index (κ3) is 11.4. The molecule has 0 aliphatic heterocycles. The molecule has 2 aromatic heterocycles. The number of imidazole rings is 1. The Morgan fingerprint density at radius 1 is 0.760 bits per heavy atom. The van der Waals surface area contributed by atoms with Crippen molar-refractivity contribution in [1.82, 2.24) is 34.7 Å². The van der Waals surface area contributed by atoms with E-state index in [2.05, 4.69) is 93.9 Å². The highest BCUT2D eigenvalue weighted by molar-refractivity contribution is 6.10. The smallest absolute Gasteiger partial charge is 0.323 e. The molecule has 0 spiro atoms. The fourth-order valence-electron chi connectivity index (χ4n) is 5.18. The van der Waals surface area contributed by atoms with Crippen LogP contribution in [0.5, 0.6) is 0 Å². The second-order valence-corrected chi connectivity index (χ2v) is 11.6. The summed E-state index contributed by atoms with van der Waals surface area (Å²) < 4.78 is 0. The molecule has 0 aliphatic rings. The fourth-order valence-corrected chi connectivity index (χ4v) is 5.18. The Bertz CT molecular complexity index is 1720. The third-order valence-electron chi connectivity index (χ3n) is 8.12. The minimum absolute atomic E-state index is 0.356. The van der Waals surface area contributed by atoms with Gasteiger partial charge >= 0.3 is 5.69 Å². The van der Waals surface area contributed by atoms with Crippen LogP contribution in [0.25, 0.3) is 11.0 Å². The number of azo groups is 1. The number of nitrogens with one attached hydrogen (secondary N) is 6. The van der Waals surface area contributed by atoms with Gasteiger partial charge in [-0.05, 0) is 101 Å². The van der Waals surface area contributed by atoms with Crippen LogP contribution in [0.2, 0.25) is 0 Å². The first-order valence-corrected chi connectivity index (χ1v) is 17.2. The number of H-pyrrole nitrogens is 2. The van der Waals surface area contributed by atoms with Gasteiger partial charge in [0.25, 0.3) is 5.91 Å². The average Bonchev–Trinajstić information content (AvgIpc) is 3.48. The van der Waals surface area contributed by atoms with Gasteiger partial charge in [0, 0.05) is 24.5 Å². The van der Waals surface area contributed by atoms with Crippen LogP contribution in [0.4, 0.5) is 34.9 Å². The van der Waals surface area contributed by atoms with Crippen LogP contribution in [-0.2, 0) is 9.59 Å². The minimum atomic E-state index is -1.35. The topological polar surface area (TPSA) is 201 Å². The number of rotatable bonds is 21. The molecular weight excluding hydrogens is 638 g/mol. The number of ketones is 1. The first kappa shape index (κ1) is 37.6. The average molecular weight is 688 g/mol. The van der Waals surface area contributed by atoms with Crippen LogP contribution in [0.3, 0.4) is 0 Å². The van der Waals surface area contributed by atoms with Crippen molar-refractivity contribution in [3.05, 3.63) is 52.9 Å². The van der Waals surface area contributed by atoms with Crippen LogP contribution in [-0.4, -0.2) is 105 Å². The number of hydrogen-bond acceptors (Lipinski definition) is 13. The second-order valence-electron chi connectivity index (χ2n) is 11.6. The third-order valence-corrected chi connectivity index (χ3v) is 8.12. The standard InChI is InChI=1S/C34H49N13O3/c1-6-46(7-2)20-10-18-35-31-41-32(36-19-11-21-47(8-3)9-4)43-33(42-31)38-24-12-14-25(15-13-24)44-45-29(23(5)48)30(49)37-26-16-17-27-28(22-26)40-34(50)39-27/h12-17,22,29H,6-11,18-21H2,1-5H3,(H,37,49)(H2,39,40,50)(H3,35,36,38,41,42,43). The summed E-state index contributed by atoms with van der Waals surface area (Å²) >= 11 is 0. The molecule has 16 nitrogen and oxygen atoms in total. The highest BCUT2D eigenvalue weighted by Crippen LogP contribution is 2.21. The van der Waals surface area contributed by atoms with Gasteiger partial charge in [-0.3, -0.25) is 9.59 Å². The first-order chi connectivity index (χ1) is 24.2. The van der Waals surface area contributed by atoms with Crippen LogP contribution >= 0.6 is 0 Å². The molecule has 0 fully saturated rings. The summed E-state index contributed by atoms with van der Waals surface area (Å²) in [4.78, 5) is 60.5. The lowest BCUT2D eigenvalue weighted by Crippen LogP contribution is -2.31. The summed E-state index contributed by atoms with van der Waals surface area (Å²) in [6, 6.07) is 10.5. The highest BCUT2D eigenvalue weighted by Gasteiger charge is 2.23. The molecule has 1 unspecified atom stereocenters. The molecule has 4 aromatic rings. The summed E-state index contributed by atoms with van der Waals surface area (Å²) in [5.41, 5.74) is 2.32. The van der Waals surface area contributed by atoms with Crippen LogP contribution < -0.4 is 27.0 Å². The number of benzene rings is 2. The monoisotopic (exact) mass is 687 g/mol. The SMILES string of the molecule is CCN(CC)CCCNc1nc(NCCCN(CC)CC)nc(Nc2ccc(N=NC(C(C)=O)C(=O)Nc3ccc4[nH]c(=O)[nH]c4c3)cc2)n1. The first-order valence-electron chi connectivity index (χ1n) is 17.2. The predicted molar refractivity (Wildman–Crippen MR) is 198 cm³/mol. The Morgan fingerprint density at radius 3 is 1.86 bits per heavy atom. The molecule has 4 rings (SSSR count). The Balaban J connectivity index is 1.40. The number of aromatic nitrogens is 5. The Labute approximate surface area is 292 Å². The maximum absolute atomic E-state index is 12.9. The van der Waals surface area contributed by atoms with E-state index >= 15 is 0 Å². The number of amides is 1. The molecule has 0 saturated carbocycles. The van der Waals surface area contributed by atoms with E-state index in [1.54, 1.807) is 42.5 Å². The van der Waals surface area contributed by atoms with Gasteiger partial charge in [-0.2, -0.15) is 25.2 Å². The molecular formula is C34H49N13O3. The lowest BCUT2D eigenvalue weighted by atomic mass is 10.2. The molecule has 1 amide bonds. The van der Waals surface area contributed by atoms with Crippen LogP contribution in [0.1, 0.15) is 47.5 Å². The lowest BCUT2D eigenvalue weighted by molar-refractivity contribution is -0.126. The summed E-state index contributed by atoms with van der Waals surface area (Å²) in [7, 11) is 0. The van der Waals surface area contributed by atoms with Crippen molar-refractivity contribution in [1.29, 1.82) is 0 Å². The number of aromatic amines is 2. The van der Waals surface area contributed by atoms with Crippen LogP contribution in [0.15, 0.2) is 57.5 Å². The van der Waals surface area contributed by atoms with Gasteiger partial charge in [0.05, 0.1) is 16.7 Å². The number of fused-ring (bicyclic) bond motifs is 1. The van der Waals surface area contributed by atoms with E-state index in [0.717, 1.165) is 65.2 Å². The maximum Gasteiger partial charge on any atom is 0.323 e. The van der Waals surface area contributed by atoms with Crippen molar-refractivity contribution < 1.29 is 9.59 Å². The maximum atomic E-state index is 12.9. The van der Waals surface area contributed by atoms with Gasteiger partial charge in [-0.1, -0.05) is 27.7 Å². The zero-order valence-corrected chi connectivity index (χ0v) is 29.5. The number of nitrogens with zero attached hydrogens (tertiary/aromatic N) is 7. The number of carbonyl (C=O) groups is 2. The van der Waals surface area contributed by atoms with Gasteiger partial charge < -0.3 is 41.0 Å². The number of Topliss-reactive ketones (excluding diaryl/α,β-unsaturated/α-hetero) is 1. The van der Waals surface area contributed by atoms with E-state index < -0.39 is 17.7 Å². The van der Waals surface area contributed by atoms with Gasteiger partial charge in [-0.15, -0.1) is 0 Å². The zero-order valence-electron chi connectivity index (χ0n) is 29.5. The van der Waals surface area contributed by atoms with Crippen LogP contribution in [0, 0.1) is 0 Å². The predicted octanol–water partition coefficient (Wildman–Crippen LogP) is 4.75. The van der Waals surface area contributed by atoms with Crippen molar-refractivity contribution in [2.75, 3.05) is 73.6 Å². The molecule has 6 N–H and O–H groups in total. The summed E-state index contributed by atoms with van der Waals surface area (Å²) in [5, 5.41) is 20.8. The largest absolute Gasteiger partial charge is 0.354 e. The normalized spacial score (nSPS) is 12.1. The van der Waals surface area contributed by atoms with Crippen molar-refractivity contribution in [3.63, 3.8) is 0 Å². The molecule has 2 heterocycles. The van der Waals surface area contributed by atoms with Crippen molar-refractivity contribution in [3.8, 4) is 0 Å². The zero-order chi connectivity index (χ0) is 35.9. The number of anilines is 5. The Hall–Kier alpha value is -5.22. The summed E-state index contributed by atoms with van der Waals surface area (Å²) in [5.74, 6) is 0.233. The lowest BCUT2D eigenvalue weighted by Gasteiger charge is -2.18. The number of carbonyl (C=O) groups excluding carboxylic acids is 2. The molecule has 50 heavy (non-hydrogen) atoms. The molecule has 1 atom stereocenters. The molecule has 0 saturated heterocycles.